The van der Waals surface area contributed by atoms with Crippen LogP contribution in [0.3, 0.4) is 0 Å². The number of anilines is 2. The molecule has 0 radical (unpaired) electrons. The van der Waals surface area contributed by atoms with Crippen molar-refractivity contribution in [3.8, 4) is 5.75 Å². The summed E-state index contributed by atoms with van der Waals surface area (Å²) in [6, 6.07) is 18.8. The highest BCUT2D eigenvalue weighted by Gasteiger charge is 2.41. The van der Waals surface area contributed by atoms with Crippen LogP contribution >= 0.6 is 0 Å². The van der Waals surface area contributed by atoms with Gasteiger partial charge in [-0.3, -0.25) is 9.59 Å². The summed E-state index contributed by atoms with van der Waals surface area (Å²) in [5.41, 5.74) is 6.65. The maximum atomic E-state index is 13.7. The summed E-state index contributed by atoms with van der Waals surface area (Å²) in [7, 11) is 1.59. The second-order valence-electron chi connectivity index (χ2n) is 8.09. The molecule has 162 valence electrons. The first-order valence-electron chi connectivity index (χ1n) is 10.5. The molecule has 0 saturated heterocycles. The molecule has 5 nitrogen and oxygen atoms in total. The quantitative estimate of drug-likeness (QED) is 0.561. The molecule has 0 aromatic heterocycles. The summed E-state index contributed by atoms with van der Waals surface area (Å²) < 4.78 is 5.26. The van der Waals surface area contributed by atoms with Crippen LogP contribution < -0.4 is 15.0 Å². The Morgan fingerprint density at radius 2 is 1.53 bits per heavy atom. The number of benzene rings is 3. The van der Waals surface area contributed by atoms with Gasteiger partial charge in [-0.1, -0.05) is 36.4 Å². The lowest BCUT2D eigenvalue weighted by molar-refractivity contribution is -0.120. The topological polar surface area (TPSA) is 58.6 Å². The molecular formula is C27H26N2O3. The van der Waals surface area contributed by atoms with Crippen molar-refractivity contribution in [2.75, 3.05) is 17.3 Å². The first-order valence-corrected chi connectivity index (χ1v) is 10.5. The van der Waals surface area contributed by atoms with Crippen LogP contribution in [0.25, 0.3) is 5.57 Å². The van der Waals surface area contributed by atoms with Crippen LogP contribution in [0.4, 0.5) is 11.4 Å². The number of aryl methyl sites for hydroxylation is 3. The zero-order valence-electron chi connectivity index (χ0n) is 18.9. The van der Waals surface area contributed by atoms with Gasteiger partial charge in [-0.05, 0) is 79.8 Å². The zero-order chi connectivity index (χ0) is 23.0. The van der Waals surface area contributed by atoms with Crippen molar-refractivity contribution in [1.82, 2.24) is 0 Å². The molecule has 3 aromatic carbocycles. The van der Waals surface area contributed by atoms with Crippen LogP contribution in [0, 0.1) is 27.7 Å². The van der Waals surface area contributed by atoms with E-state index in [-0.39, 0.29) is 17.5 Å². The van der Waals surface area contributed by atoms with Crippen molar-refractivity contribution in [2.24, 2.45) is 0 Å². The van der Waals surface area contributed by atoms with Gasteiger partial charge in [0.15, 0.2) is 0 Å². The predicted molar refractivity (Wildman–Crippen MR) is 128 cm³/mol. The predicted octanol–water partition coefficient (Wildman–Crippen LogP) is 5.33. The van der Waals surface area contributed by atoms with Gasteiger partial charge < -0.3 is 10.1 Å². The molecule has 0 atom stereocenters. The van der Waals surface area contributed by atoms with Gasteiger partial charge in [0.25, 0.3) is 11.8 Å². The van der Waals surface area contributed by atoms with Crippen molar-refractivity contribution in [3.63, 3.8) is 0 Å². The Kier molecular flexibility index (Phi) is 5.57. The minimum atomic E-state index is -0.365. The lowest BCUT2D eigenvalue weighted by Crippen LogP contribution is -2.33. The van der Waals surface area contributed by atoms with Crippen molar-refractivity contribution in [3.05, 3.63) is 94.2 Å². The Morgan fingerprint density at radius 1 is 0.812 bits per heavy atom. The standard InChI is InChI=1S/C27H26N2O3/c1-16-9-10-18(3)23(15-16)29-26(30)24(20-11-13-21(32-5)14-12-20)25(27(29)31)28-22-8-6-7-17(2)19(22)4/h6-15,28H,1-5H3. The number of amides is 2. The van der Waals surface area contributed by atoms with Crippen molar-refractivity contribution in [1.29, 1.82) is 0 Å². The van der Waals surface area contributed by atoms with E-state index in [4.69, 9.17) is 4.74 Å². The van der Waals surface area contributed by atoms with Gasteiger partial charge in [0, 0.05) is 5.69 Å². The third-order valence-corrected chi connectivity index (χ3v) is 5.93. The van der Waals surface area contributed by atoms with E-state index in [1.54, 1.807) is 31.4 Å². The molecule has 32 heavy (non-hydrogen) atoms. The van der Waals surface area contributed by atoms with E-state index < -0.39 is 0 Å². The van der Waals surface area contributed by atoms with Crippen molar-refractivity contribution < 1.29 is 14.3 Å². The minimum absolute atomic E-state index is 0.273. The van der Waals surface area contributed by atoms with Crippen LogP contribution in [-0.2, 0) is 9.59 Å². The number of imide groups is 1. The maximum absolute atomic E-state index is 13.7. The Labute approximate surface area is 188 Å². The fraction of sp³-hybridized carbons (Fsp3) is 0.185. The van der Waals surface area contributed by atoms with E-state index in [2.05, 4.69) is 5.32 Å². The number of hydrogen-bond acceptors (Lipinski definition) is 4. The molecule has 2 amide bonds. The van der Waals surface area contributed by atoms with Crippen molar-refractivity contribution in [2.45, 2.75) is 27.7 Å². The van der Waals surface area contributed by atoms with Crippen molar-refractivity contribution >= 4 is 28.8 Å². The molecule has 1 N–H and O–H groups in total. The lowest BCUT2D eigenvalue weighted by atomic mass is 10.0. The van der Waals surface area contributed by atoms with Gasteiger partial charge in [-0.15, -0.1) is 0 Å². The zero-order valence-corrected chi connectivity index (χ0v) is 18.9. The number of rotatable bonds is 5. The first-order chi connectivity index (χ1) is 15.3. The molecule has 5 heteroatoms. The van der Waals surface area contributed by atoms with E-state index in [0.717, 1.165) is 27.9 Å². The fourth-order valence-electron chi connectivity index (χ4n) is 3.87. The summed E-state index contributed by atoms with van der Waals surface area (Å²) in [6.07, 6.45) is 0. The van der Waals surface area contributed by atoms with Gasteiger partial charge in [0.2, 0.25) is 0 Å². The Morgan fingerprint density at radius 3 is 2.22 bits per heavy atom. The molecule has 1 aliphatic heterocycles. The molecule has 4 rings (SSSR count). The summed E-state index contributed by atoms with van der Waals surface area (Å²) in [5.74, 6) is -0.0290. The molecule has 0 spiro atoms. The summed E-state index contributed by atoms with van der Waals surface area (Å²) in [5, 5.41) is 3.28. The van der Waals surface area contributed by atoms with Gasteiger partial charge in [-0.2, -0.15) is 0 Å². The van der Waals surface area contributed by atoms with E-state index in [1.165, 1.54) is 4.90 Å². The van der Waals surface area contributed by atoms with Crippen LogP contribution in [0.5, 0.6) is 5.75 Å². The highest BCUT2D eigenvalue weighted by molar-refractivity contribution is 6.46. The number of hydrogen-bond donors (Lipinski definition) is 1. The van der Waals surface area contributed by atoms with E-state index in [0.29, 0.717) is 22.6 Å². The Hall–Kier alpha value is -3.86. The number of methoxy groups -OCH3 is 1. The third-order valence-electron chi connectivity index (χ3n) is 5.93. The second-order valence-corrected chi connectivity index (χ2v) is 8.09. The van der Waals surface area contributed by atoms with Crippen LogP contribution in [0.1, 0.15) is 27.8 Å². The highest BCUT2D eigenvalue weighted by atomic mass is 16.5. The Balaban J connectivity index is 1.87. The number of nitrogens with one attached hydrogen (secondary N) is 1. The van der Waals surface area contributed by atoms with Crippen LogP contribution in [0.2, 0.25) is 0 Å². The summed E-state index contributed by atoms with van der Waals surface area (Å²) in [4.78, 5) is 28.6. The molecule has 0 fully saturated rings. The molecular weight excluding hydrogens is 400 g/mol. The molecule has 0 aliphatic carbocycles. The number of carbonyl (C=O) groups is 2. The number of nitrogens with zero attached hydrogens (tertiary/aromatic N) is 1. The summed E-state index contributed by atoms with van der Waals surface area (Å²) in [6.45, 7) is 7.86. The van der Waals surface area contributed by atoms with E-state index in [9.17, 15) is 9.59 Å². The molecule has 0 saturated carbocycles. The minimum Gasteiger partial charge on any atom is -0.497 e. The van der Waals surface area contributed by atoms with Gasteiger partial charge in [-0.25, -0.2) is 4.90 Å². The fourth-order valence-corrected chi connectivity index (χ4v) is 3.87. The molecule has 1 heterocycles. The van der Waals surface area contributed by atoms with E-state index in [1.807, 2.05) is 64.1 Å². The van der Waals surface area contributed by atoms with E-state index >= 15 is 0 Å². The first kappa shape index (κ1) is 21.4. The lowest BCUT2D eigenvalue weighted by Gasteiger charge is -2.19. The highest BCUT2D eigenvalue weighted by Crippen LogP contribution is 2.36. The molecule has 0 unspecified atom stereocenters. The molecule has 3 aromatic rings. The maximum Gasteiger partial charge on any atom is 0.282 e. The number of ether oxygens (including phenoxy) is 1. The number of carbonyl (C=O) groups excluding carboxylic acids is 2. The van der Waals surface area contributed by atoms with Crippen LogP contribution in [-0.4, -0.2) is 18.9 Å². The third kappa shape index (κ3) is 3.66. The summed E-state index contributed by atoms with van der Waals surface area (Å²) >= 11 is 0. The second kappa shape index (κ2) is 8.35. The monoisotopic (exact) mass is 426 g/mol. The van der Waals surface area contributed by atoms with Gasteiger partial charge >= 0.3 is 0 Å². The van der Waals surface area contributed by atoms with Crippen LogP contribution in [0.15, 0.2) is 66.4 Å². The molecule has 0 bridgehead atoms. The van der Waals surface area contributed by atoms with Gasteiger partial charge in [0.05, 0.1) is 18.4 Å². The normalized spacial score (nSPS) is 13.7. The van der Waals surface area contributed by atoms with Gasteiger partial charge in [0.1, 0.15) is 11.4 Å². The average Bonchev–Trinajstić information content (AvgIpc) is 3.02. The largest absolute Gasteiger partial charge is 0.497 e. The average molecular weight is 427 g/mol. The molecule has 1 aliphatic rings. The SMILES string of the molecule is COc1ccc(C2=C(Nc3cccc(C)c3C)C(=O)N(c3cc(C)ccc3C)C2=O)cc1. The smallest absolute Gasteiger partial charge is 0.282 e. The Bertz CT molecular complexity index is 1260.